The summed E-state index contributed by atoms with van der Waals surface area (Å²) in [5.74, 6) is 4.51. The van der Waals surface area contributed by atoms with Crippen LogP contribution in [0.3, 0.4) is 0 Å². The van der Waals surface area contributed by atoms with E-state index in [1.54, 1.807) is 48.5 Å². The van der Waals surface area contributed by atoms with E-state index in [0.717, 1.165) is 87.3 Å². The van der Waals surface area contributed by atoms with E-state index in [-0.39, 0.29) is 45.9 Å². The van der Waals surface area contributed by atoms with Gasteiger partial charge in [-0.1, -0.05) is 156 Å². The molecule has 0 aliphatic heterocycles. The highest BCUT2D eigenvalue weighted by molar-refractivity contribution is 6.33. The van der Waals surface area contributed by atoms with Crippen LogP contribution < -0.4 is 9.47 Å². The van der Waals surface area contributed by atoms with Crippen molar-refractivity contribution in [2.24, 2.45) is 58.2 Å². The van der Waals surface area contributed by atoms with Gasteiger partial charge in [0.05, 0.1) is 49.6 Å². The van der Waals surface area contributed by atoms with Crippen LogP contribution in [-0.4, -0.2) is 52.3 Å². The fourth-order valence-electron chi connectivity index (χ4n) is 16.5. The summed E-state index contributed by atoms with van der Waals surface area (Å²) >= 11 is 14.5. The summed E-state index contributed by atoms with van der Waals surface area (Å²) in [6.07, 6.45) is 20.0. The van der Waals surface area contributed by atoms with Crippen molar-refractivity contribution >= 4 is 52.7 Å². The molecule has 12 heteroatoms. The van der Waals surface area contributed by atoms with E-state index in [4.69, 9.17) is 51.6 Å². The summed E-state index contributed by atoms with van der Waals surface area (Å²) in [6, 6.07) is 37.1. The molecule has 0 N–H and O–H groups in total. The second-order valence-electron chi connectivity index (χ2n) is 26.8. The third-order valence-electron chi connectivity index (χ3n) is 21.4. The minimum Gasteiger partial charge on any atom is -0.486 e. The first-order chi connectivity index (χ1) is 42.8. The van der Waals surface area contributed by atoms with Crippen molar-refractivity contribution in [1.82, 2.24) is 0 Å². The Bertz CT molecular complexity index is 3340. The third kappa shape index (κ3) is 14.2. The average molecular weight is 1240 g/mol. The zero-order valence-corrected chi connectivity index (χ0v) is 54.9. The maximum atomic E-state index is 13.9. The van der Waals surface area contributed by atoms with Gasteiger partial charge in [0.2, 0.25) is 0 Å². The zero-order valence-electron chi connectivity index (χ0n) is 53.4. The van der Waals surface area contributed by atoms with Crippen LogP contribution in [0.1, 0.15) is 188 Å². The number of hydrogen-bond donors (Lipinski definition) is 0. The number of carbonyl (C=O) groups excluding carboxylic acids is 4. The maximum Gasteiger partial charge on any atom is 0.341 e. The minimum atomic E-state index is -0.627. The first-order valence-corrected chi connectivity index (χ1v) is 33.0. The molecule has 0 radical (unpaired) electrons. The lowest BCUT2D eigenvalue weighted by Crippen LogP contribution is -2.53. The van der Waals surface area contributed by atoms with Crippen molar-refractivity contribution in [3.8, 4) is 33.8 Å². The number of hydrogen-bond acceptors (Lipinski definition) is 10. The van der Waals surface area contributed by atoms with E-state index in [1.165, 1.54) is 105 Å². The molecule has 0 saturated heterocycles. The Hall–Kier alpha value is -6.88. The second kappa shape index (κ2) is 28.5. The quantitative estimate of drug-likeness (QED) is 0.0479. The van der Waals surface area contributed by atoms with Crippen molar-refractivity contribution in [2.75, 3.05) is 28.4 Å². The van der Waals surface area contributed by atoms with E-state index in [2.05, 4.69) is 40.7 Å². The Kier molecular flexibility index (Phi) is 20.9. The molecule has 0 spiro atoms. The Morgan fingerprint density at radius 2 is 0.989 bits per heavy atom. The SMILES string of the molecule is COC(=O)c1ccc(-c2ccc(COc3c(Cl)cc(C(=CCC[C@H]4CC[C@@]5(C)C(CC[C@H]6[C@@H]7CC[C@H]([C@H](C)CCCC(C)C)[C@@]7(C)CC[C@@H]65)C4)c4cc(Cl)c(OCc5ccc(-c6ccc(C(=O)OC)cc6)cc5)c(C(=O)OC)c4)cc3C(=O)OC)cc2)cc1. The molecule has 4 saturated carbocycles. The van der Waals surface area contributed by atoms with Crippen LogP contribution in [0.15, 0.2) is 127 Å². The summed E-state index contributed by atoms with van der Waals surface area (Å²) in [4.78, 5) is 51.9. The summed E-state index contributed by atoms with van der Waals surface area (Å²) < 4.78 is 33.3. The Balaban J connectivity index is 0.901. The predicted molar refractivity (Wildman–Crippen MR) is 354 cm³/mol. The molecule has 4 fully saturated rings. The highest BCUT2D eigenvalue weighted by atomic mass is 35.5. The highest BCUT2D eigenvalue weighted by Gasteiger charge is 2.60. The average Bonchev–Trinajstić information content (AvgIpc) is 1.82. The van der Waals surface area contributed by atoms with Gasteiger partial charge in [-0.25, -0.2) is 19.2 Å². The molecular formula is C77H88Cl2O10. The van der Waals surface area contributed by atoms with Gasteiger partial charge in [0.1, 0.15) is 24.3 Å². The second-order valence-corrected chi connectivity index (χ2v) is 27.6. The molecule has 4 aliphatic rings. The van der Waals surface area contributed by atoms with Crippen LogP contribution in [0, 0.1) is 58.2 Å². The van der Waals surface area contributed by atoms with Crippen molar-refractivity contribution < 1.29 is 47.6 Å². The van der Waals surface area contributed by atoms with Gasteiger partial charge in [-0.15, -0.1) is 0 Å². The van der Waals surface area contributed by atoms with Crippen molar-refractivity contribution in [3.63, 3.8) is 0 Å². The third-order valence-corrected chi connectivity index (χ3v) is 21.9. The van der Waals surface area contributed by atoms with Crippen LogP contribution in [0.25, 0.3) is 27.8 Å². The highest BCUT2D eigenvalue weighted by Crippen LogP contribution is 2.69. The lowest BCUT2D eigenvalue weighted by Gasteiger charge is -2.61. The summed E-state index contributed by atoms with van der Waals surface area (Å²) in [5, 5.41) is 0.406. The van der Waals surface area contributed by atoms with Crippen LogP contribution in [0.5, 0.6) is 11.5 Å². The van der Waals surface area contributed by atoms with Gasteiger partial charge in [0, 0.05) is 0 Å². The normalized spacial score (nSPS) is 23.0. The van der Waals surface area contributed by atoms with Gasteiger partial charge in [-0.05, 0) is 227 Å². The van der Waals surface area contributed by atoms with Crippen LogP contribution in [-0.2, 0) is 32.2 Å². The lowest BCUT2D eigenvalue weighted by atomic mass is 9.44. The monoisotopic (exact) mass is 1240 g/mol. The maximum absolute atomic E-state index is 13.9. The minimum absolute atomic E-state index is 0.102. The molecule has 0 heterocycles. The van der Waals surface area contributed by atoms with Crippen LogP contribution >= 0.6 is 23.2 Å². The predicted octanol–water partition coefficient (Wildman–Crippen LogP) is 19.6. The fourth-order valence-corrected chi connectivity index (χ4v) is 17.1. The zero-order chi connectivity index (χ0) is 63.1. The first-order valence-electron chi connectivity index (χ1n) is 32.2. The van der Waals surface area contributed by atoms with Gasteiger partial charge in [-0.2, -0.15) is 0 Å². The molecule has 4 aliphatic carbocycles. The van der Waals surface area contributed by atoms with Gasteiger partial charge in [-0.3, -0.25) is 0 Å². The molecule has 0 aromatic heterocycles. The fraction of sp³-hybridized carbons (Fsp3) is 0.455. The number of allylic oxidation sites excluding steroid dienone is 1. The number of halogens is 2. The van der Waals surface area contributed by atoms with E-state index < -0.39 is 23.9 Å². The molecule has 10 rings (SSSR count). The molecule has 89 heavy (non-hydrogen) atoms. The molecular weight excluding hydrogens is 1160 g/mol. The van der Waals surface area contributed by atoms with Gasteiger partial charge in [0.15, 0.2) is 11.5 Å². The number of methoxy groups -OCH3 is 4. The first kappa shape index (κ1) is 65.1. The number of ether oxygens (including phenoxy) is 6. The van der Waals surface area contributed by atoms with E-state index in [1.807, 2.05) is 72.8 Å². The standard InChI is InChI=1S/C77H88Cl2O10/c1-47(2)12-10-13-48(3)65-34-35-66-62-33-32-60-40-49(36-38-76(60,4)67(62)37-39-77(65,66)5)14-11-15-61(58-41-63(74(82)86-8)70(68(78)43-58)88-45-50-16-20-52(21-17-50)54-24-28-56(29-25-54)72(80)84-6)59-42-64(75(83)87-9)71(69(79)44-59)89-46-51-18-22-53(23-19-51)55-26-30-57(31-27-55)73(81)85-7/h15-31,41-44,47-49,60,62,65-67H,10-14,32-40,45-46H2,1-9H3/t48-,49+,60?,62+,65-,66+,67+,76+,77-/m1/s1. The molecule has 6 aromatic rings. The summed E-state index contributed by atoms with van der Waals surface area (Å²) in [6.45, 7) is 12.9. The molecule has 470 valence electrons. The molecule has 0 amide bonds. The van der Waals surface area contributed by atoms with Gasteiger partial charge < -0.3 is 28.4 Å². The Labute approximate surface area is 537 Å². The number of fused-ring (bicyclic) bond motifs is 5. The smallest absolute Gasteiger partial charge is 0.341 e. The van der Waals surface area contributed by atoms with Crippen LogP contribution in [0.4, 0.5) is 0 Å². The number of carbonyl (C=O) groups is 4. The number of rotatable bonds is 22. The van der Waals surface area contributed by atoms with Gasteiger partial charge >= 0.3 is 23.9 Å². The Morgan fingerprint density at radius 1 is 0.528 bits per heavy atom. The van der Waals surface area contributed by atoms with Crippen LogP contribution in [0.2, 0.25) is 10.0 Å². The van der Waals surface area contributed by atoms with Gasteiger partial charge in [0.25, 0.3) is 0 Å². The van der Waals surface area contributed by atoms with E-state index in [9.17, 15) is 19.2 Å². The molecule has 0 bridgehead atoms. The molecule has 1 unspecified atom stereocenters. The molecule has 9 atom stereocenters. The largest absolute Gasteiger partial charge is 0.486 e. The van der Waals surface area contributed by atoms with Crippen molar-refractivity contribution in [2.45, 2.75) is 138 Å². The van der Waals surface area contributed by atoms with E-state index in [0.29, 0.717) is 44.9 Å². The Morgan fingerprint density at radius 3 is 1.46 bits per heavy atom. The summed E-state index contributed by atoms with van der Waals surface area (Å²) in [5.41, 5.74) is 9.43. The lowest BCUT2D eigenvalue weighted by molar-refractivity contribution is -0.121. The number of esters is 4. The van der Waals surface area contributed by atoms with Crippen molar-refractivity contribution in [1.29, 1.82) is 0 Å². The number of benzene rings is 6. The molecule has 10 nitrogen and oxygen atoms in total. The van der Waals surface area contributed by atoms with Crippen molar-refractivity contribution in [3.05, 3.63) is 182 Å². The van der Waals surface area contributed by atoms with E-state index >= 15 is 0 Å². The topological polar surface area (TPSA) is 124 Å². The summed E-state index contributed by atoms with van der Waals surface area (Å²) in [7, 11) is 5.38. The molecule has 6 aromatic carbocycles.